The van der Waals surface area contributed by atoms with Crippen LogP contribution in [0, 0.1) is 12.7 Å². The minimum absolute atomic E-state index is 0.0375. The number of aromatic nitrogens is 1. The molecular weight excluding hydrogens is 307 g/mol. The van der Waals surface area contributed by atoms with E-state index in [-0.39, 0.29) is 17.5 Å². The third-order valence-electron chi connectivity index (χ3n) is 3.76. The summed E-state index contributed by atoms with van der Waals surface area (Å²) < 4.78 is 13.4. The van der Waals surface area contributed by atoms with Gasteiger partial charge in [-0.2, -0.15) is 0 Å². The molecule has 0 saturated heterocycles. The summed E-state index contributed by atoms with van der Waals surface area (Å²) in [6.45, 7) is 3.22. The number of hydrogen-bond acceptors (Lipinski definition) is 3. The Morgan fingerprint density at radius 1 is 1.04 bits per heavy atom. The van der Waals surface area contributed by atoms with E-state index in [1.165, 1.54) is 19.1 Å². The molecule has 120 valence electrons. The first-order valence-electron chi connectivity index (χ1n) is 7.43. The molecular formula is C19H15FN2O2. The van der Waals surface area contributed by atoms with E-state index in [1.54, 1.807) is 43.3 Å². The molecule has 0 saturated carbocycles. The monoisotopic (exact) mass is 322 g/mol. The quantitative estimate of drug-likeness (QED) is 0.737. The van der Waals surface area contributed by atoms with Crippen molar-refractivity contribution in [3.05, 3.63) is 71.2 Å². The largest absolute Gasteiger partial charge is 0.322 e. The van der Waals surface area contributed by atoms with Crippen molar-refractivity contribution in [3.8, 4) is 0 Å². The molecule has 2 aromatic carbocycles. The molecule has 0 aliphatic heterocycles. The molecule has 0 fully saturated rings. The lowest BCUT2D eigenvalue weighted by Crippen LogP contribution is -2.14. The van der Waals surface area contributed by atoms with Crippen molar-refractivity contribution in [3.63, 3.8) is 0 Å². The molecule has 1 aromatic heterocycles. The lowest BCUT2D eigenvalue weighted by Gasteiger charge is -2.09. The van der Waals surface area contributed by atoms with Crippen LogP contribution in [0.3, 0.4) is 0 Å². The van der Waals surface area contributed by atoms with E-state index in [1.807, 2.05) is 0 Å². The lowest BCUT2D eigenvalue weighted by atomic mass is 10.1. The van der Waals surface area contributed by atoms with Crippen LogP contribution in [0.15, 0.2) is 48.5 Å². The van der Waals surface area contributed by atoms with Gasteiger partial charge in [0.25, 0.3) is 5.91 Å². The molecule has 3 rings (SSSR count). The van der Waals surface area contributed by atoms with Gasteiger partial charge in [0.2, 0.25) is 0 Å². The van der Waals surface area contributed by atoms with Crippen LogP contribution in [0.4, 0.5) is 10.1 Å². The van der Waals surface area contributed by atoms with Gasteiger partial charge in [-0.25, -0.2) is 4.39 Å². The van der Waals surface area contributed by atoms with Crippen LogP contribution in [0.5, 0.6) is 0 Å². The minimum Gasteiger partial charge on any atom is -0.322 e. The Bertz CT molecular complexity index is 949. The van der Waals surface area contributed by atoms with Gasteiger partial charge < -0.3 is 5.32 Å². The Balaban J connectivity index is 1.90. The molecule has 0 bridgehead atoms. The zero-order chi connectivity index (χ0) is 17.3. The van der Waals surface area contributed by atoms with Crippen LogP contribution in [0.25, 0.3) is 10.9 Å². The van der Waals surface area contributed by atoms with Crippen LogP contribution in [0.2, 0.25) is 0 Å². The van der Waals surface area contributed by atoms with Gasteiger partial charge >= 0.3 is 0 Å². The van der Waals surface area contributed by atoms with Crippen molar-refractivity contribution in [1.82, 2.24) is 4.98 Å². The van der Waals surface area contributed by atoms with Crippen LogP contribution >= 0.6 is 0 Å². The summed E-state index contributed by atoms with van der Waals surface area (Å²) in [5.41, 5.74) is 2.72. The fraction of sp³-hybridized carbons (Fsp3) is 0.105. The number of nitrogens with zero attached hydrogens (tertiary/aromatic N) is 1. The van der Waals surface area contributed by atoms with Crippen LogP contribution in [-0.4, -0.2) is 16.7 Å². The van der Waals surface area contributed by atoms with Gasteiger partial charge in [-0.05, 0) is 62.4 Å². The number of benzene rings is 2. The summed E-state index contributed by atoms with van der Waals surface area (Å²) in [6, 6.07) is 12.5. The van der Waals surface area contributed by atoms with Gasteiger partial charge in [-0.15, -0.1) is 0 Å². The summed E-state index contributed by atoms with van der Waals surface area (Å²) >= 11 is 0. The molecule has 4 nitrogen and oxygen atoms in total. The van der Waals surface area contributed by atoms with E-state index in [0.717, 1.165) is 0 Å². The molecule has 0 aliphatic rings. The maximum Gasteiger partial charge on any atom is 0.257 e. The Morgan fingerprint density at radius 2 is 1.75 bits per heavy atom. The van der Waals surface area contributed by atoms with Crippen LogP contribution < -0.4 is 5.32 Å². The second-order valence-corrected chi connectivity index (χ2v) is 5.55. The summed E-state index contributed by atoms with van der Waals surface area (Å²) in [5.74, 6) is -0.745. The van der Waals surface area contributed by atoms with Gasteiger partial charge in [0, 0.05) is 16.6 Å². The number of aryl methyl sites for hydroxylation is 1. The maximum atomic E-state index is 13.4. The highest BCUT2D eigenvalue weighted by atomic mass is 19.1. The molecule has 24 heavy (non-hydrogen) atoms. The molecule has 0 radical (unpaired) electrons. The molecule has 0 atom stereocenters. The lowest BCUT2D eigenvalue weighted by molar-refractivity contribution is 0.101. The van der Waals surface area contributed by atoms with Gasteiger partial charge in [0.05, 0.1) is 16.8 Å². The minimum atomic E-state index is -0.376. The predicted molar refractivity (Wildman–Crippen MR) is 90.8 cm³/mol. The number of Topliss-reactive ketones (excluding diaryl/α,β-unsaturated/α-hetero) is 1. The number of hydrogen-bond donors (Lipinski definition) is 1. The standard InChI is InChI=1S/C19H15FN2O2/c1-11-17(10-14-9-15(20)5-8-18(14)21-11)19(24)22-16-6-3-13(4-7-16)12(2)23/h3-10H,1-2H3,(H,22,24). The fourth-order valence-electron chi connectivity index (χ4n) is 2.46. The normalized spacial score (nSPS) is 10.6. The van der Waals surface area contributed by atoms with Gasteiger partial charge in [-0.3, -0.25) is 14.6 Å². The molecule has 5 heteroatoms. The molecule has 0 aliphatic carbocycles. The number of amides is 1. The van der Waals surface area contributed by atoms with E-state index in [0.29, 0.717) is 33.4 Å². The second kappa shape index (κ2) is 6.20. The first-order chi connectivity index (χ1) is 11.4. The fourth-order valence-corrected chi connectivity index (χ4v) is 2.46. The van der Waals surface area contributed by atoms with E-state index in [4.69, 9.17) is 0 Å². The third-order valence-corrected chi connectivity index (χ3v) is 3.76. The highest BCUT2D eigenvalue weighted by molar-refractivity contribution is 6.07. The predicted octanol–water partition coefficient (Wildman–Crippen LogP) is 4.14. The number of carbonyl (C=O) groups is 2. The van der Waals surface area contributed by atoms with Crippen molar-refractivity contribution in [1.29, 1.82) is 0 Å². The van der Waals surface area contributed by atoms with E-state index in [2.05, 4.69) is 10.3 Å². The number of nitrogens with one attached hydrogen (secondary N) is 1. The number of fused-ring (bicyclic) bond motifs is 1. The molecule has 1 heterocycles. The average molecular weight is 322 g/mol. The Kier molecular flexibility index (Phi) is 4.08. The van der Waals surface area contributed by atoms with E-state index < -0.39 is 0 Å². The topological polar surface area (TPSA) is 59.1 Å². The first kappa shape index (κ1) is 15.8. The summed E-state index contributed by atoms with van der Waals surface area (Å²) in [7, 11) is 0. The van der Waals surface area contributed by atoms with Gasteiger partial charge in [-0.1, -0.05) is 0 Å². The zero-order valence-corrected chi connectivity index (χ0v) is 13.3. The third kappa shape index (κ3) is 3.15. The number of rotatable bonds is 3. The summed E-state index contributed by atoms with van der Waals surface area (Å²) in [6.07, 6.45) is 0. The summed E-state index contributed by atoms with van der Waals surface area (Å²) in [4.78, 5) is 28.1. The first-order valence-corrected chi connectivity index (χ1v) is 7.43. The average Bonchev–Trinajstić information content (AvgIpc) is 2.55. The Morgan fingerprint density at radius 3 is 2.42 bits per heavy atom. The Labute approximate surface area is 138 Å². The molecule has 3 aromatic rings. The van der Waals surface area contributed by atoms with Crippen molar-refractivity contribution in [2.45, 2.75) is 13.8 Å². The van der Waals surface area contributed by atoms with Crippen molar-refractivity contribution in [2.75, 3.05) is 5.32 Å². The smallest absolute Gasteiger partial charge is 0.257 e. The highest BCUT2D eigenvalue weighted by Gasteiger charge is 2.12. The highest BCUT2D eigenvalue weighted by Crippen LogP contribution is 2.19. The van der Waals surface area contributed by atoms with E-state index >= 15 is 0 Å². The zero-order valence-electron chi connectivity index (χ0n) is 13.3. The number of ketones is 1. The Hall–Kier alpha value is -3.08. The van der Waals surface area contributed by atoms with Crippen LogP contribution in [0.1, 0.15) is 33.3 Å². The van der Waals surface area contributed by atoms with E-state index in [9.17, 15) is 14.0 Å². The maximum absolute atomic E-state index is 13.4. The number of pyridine rings is 1. The molecule has 1 amide bonds. The molecule has 1 N–H and O–H groups in total. The number of anilines is 1. The second-order valence-electron chi connectivity index (χ2n) is 5.55. The molecule has 0 unspecified atom stereocenters. The number of carbonyl (C=O) groups excluding carboxylic acids is 2. The van der Waals surface area contributed by atoms with Crippen molar-refractivity contribution in [2.24, 2.45) is 0 Å². The van der Waals surface area contributed by atoms with Crippen molar-refractivity contribution < 1.29 is 14.0 Å². The van der Waals surface area contributed by atoms with Crippen LogP contribution in [-0.2, 0) is 0 Å². The van der Waals surface area contributed by atoms with Gasteiger partial charge in [0.1, 0.15) is 5.82 Å². The van der Waals surface area contributed by atoms with Crippen molar-refractivity contribution >= 4 is 28.3 Å². The SMILES string of the molecule is CC(=O)c1ccc(NC(=O)c2cc3cc(F)ccc3nc2C)cc1. The summed E-state index contributed by atoms with van der Waals surface area (Å²) in [5, 5.41) is 3.33. The number of halogens is 1. The van der Waals surface area contributed by atoms with Gasteiger partial charge in [0.15, 0.2) is 5.78 Å². The molecule has 0 spiro atoms.